The largest absolute Gasteiger partial charge is 0.203 e. The molecule has 2 aromatic carbocycles. The van der Waals surface area contributed by atoms with Gasteiger partial charge in [0.2, 0.25) is 0 Å². The molecule has 0 radical (unpaired) electrons. The minimum Gasteiger partial charge on any atom is -0.203 e. The third kappa shape index (κ3) is 2.85. The van der Waals surface area contributed by atoms with E-state index >= 15 is 0 Å². The Hall–Kier alpha value is -2.12. The molecule has 0 unspecified atom stereocenters. The summed E-state index contributed by atoms with van der Waals surface area (Å²) in [6, 6.07) is 0. The molecule has 0 spiro atoms. The predicted octanol–water partition coefficient (Wildman–Crippen LogP) is 6.71. The lowest BCUT2D eigenvalue weighted by molar-refractivity contribution is 0.421. The van der Waals surface area contributed by atoms with E-state index in [2.05, 4.69) is 0 Å². The molecule has 8 heteroatoms. The molecule has 2 rings (SSSR count). The zero-order valence-corrected chi connectivity index (χ0v) is 14.2. The Morgan fingerprint density at radius 3 is 0.731 bits per heavy atom. The SMILES string of the molecule is CC(C)c1c(F)c(F)c(-c2c(F)c(F)c(C(C)C)c(F)c2F)c(F)c1F. The number of hydrogen-bond donors (Lipinski definition) is 0. The van der Waals surface area contributed by atoms with Gasteiger partial charge in [0.15, 0.2) is 46.5 Å². The van der Waals surface area contributed by atoms with Gasteiger partial charge in [-0.1, -0.05) is 27.7 Å². The molecule has 0 nitrogen and oxygen atoms in total. The van der Waals surface area contributed by atoms with Crippen molar-refractivity contribution < 1.29 is 35.1 Å². The zero-order valence-electron chi connectivity index (χ0n) is 14.2. The maximum absolute atomic E-state index is 14.3. The first-order valence-electron chi connectivity index (χ1n) is 7.65. The molecule has 2 aromatic rings. The molecule has 0 fully saturated rings. The lowest BCUT2D eigenvalue weighted by Crippen LogP contribution is -2.12. The summed E-state index contributed by atoms with van der Waals surface area (Å²) in [5.74, 6) is -18.1. The lowest BCUT2D eigenvalue weighted by Gasteiger charge is -2.17. The van der Waals surface area contributed by atoms with E-state index < -0.39 is 80.6 Å². The number of rotatable bonds is 3. The van der Waals surface area contributed by atoms with Crippen LogP contribution in [0.2, 0.25) is 0 Å². The number of hydrogen-bond acceptors (Lipinski definition) is 0. The molecule has 0 heterocycles. The van der Waals surface area contributed by atoms with Crippen LogP contribution in [0, 0.1) is 46.5 Å². The molecule has 0 saturated heterocycles. The molecule has 0 aliphatic rings. The second kappa shape index (κ2) is 6.89. The van der Waals surface area contributed by atoms with Crippen molar-refractivity contribution in [3.8, 4) is 11.1 Å². The summed E-state index contributed by atoms with van der Waals surface area (Å²) in [4.78, 5) is 0. The summed E-state index contributed by atoms with van der Waals surface area (Å²) in [6.07, 6.45) is 0. The Kier molecular flexibility index (Phi) is 5.35. The van der Waals surface area contributed by atoms with Gasteiger partial charge in [-0.05, 0) is 11.8 Å². The van der Waals surface area contributed by atoms with Crippen LogP contribution in [0.15, 0.2) is 0 Å². The number of benzene rings is 2. The smallest absolute Gasteiger partial charge is 0.170 e. The Morgan fingerprint density at radius 1 is 0.385 bits per heavy atom. The topological polar surface area (TPSA) is 0 Å². The van der Waals surface area contributed by atoms with Gasteiger partial charge in [0, 0.05) is 11.1 Å². The van der Waals surface area contributed by atoms with Crippen molar-refractivity contribution in [2.24, 2.45) is 0 Å². The molecular formula is C18H14F8. The van der Waals surface area contributed by atoms with Gasteiger partial charge in [0.05, 0.1) is 11.1 Å². The van der Waals surface area contributed by atoms with Crippen molar-refractivity contribution >= 4 is 0 Å². The molecule has 0 amide bonds. The molecule has 142 valence electrons. The van der Waals surface area contributed by atoms with Crippen LogP contribution in [-0.4, -0.2) is 0 Å². The second-order valence-electron chi connectivity index (χ2n) is 6.40. The Bertz CT molecular complexity index is 752. The van der Waals surface area contributed by atoms with Gasteiger partial charge in [0.1, 0.15) is 0 Å². The highest BCUT2D eigenvalue weighted by Gasteiger charge is 2.34. The molecule has 0 N–H and O–H groups in total. The van der Waals surface area contributed by atoms with Crippen LogP contribution in [0.1, 0.15) is 50.7 Å². The first kappa shape index (κ1) is 20.2. The fourth-order valence-electron chi connectivity index (χ4n) is 2.75. The van der Waals surface area contributed by atoms with Crippen molar-refractivity contribution in [3.05, 3.63) is 57.7 Å². The maximum atomic E-state index is 14.3. The molecule has 0 aromatic heterocycles. The van der Waals surface area contributed by atoms with Crippen molar-refractivity contribution in [2.45, 2.75) is 39.5 Å². The lowest BCUT2D eigenvalue weighted by atomic mass is 9.92. The molecule has 0 aliphatic heterocycles. The van der Waals surface area contributed by atoms with Crippen molar-refractivity contribution in [1.29, 1.82) is 0 Å². The van der Waals surface area contributed by atoms with Gasteiger partial charge in [0.25, 0.3) is 0 Å². The molecule has 0 bridgehead atoms. The summed E-state index contributed by atoms with van der Waals surface area (Å²) >= 11 is 0. The first-order valence-corrected chi connectivity index (χ1v) is 7.65. The predicted molar refractivity (Wildman–Crippen MR) is 79.7 cm³/mol. The number of halogens is 8. The van der Waals surface area contributed by atoms with Gasteiger partial charge in [-0.15, -0.1) is 0 Å². The van der Waals surface area contributed by atoms with Crippen molar-refractivity contribution in [1.82, 2.24) is 0 Å². The van der Waals surface area contributed by atoms with Crippen LogP contribution in [0.5, 0.6) is 0 Å². The zero-order chi connectivity index (χ0) is 20.1. The summed E-state index contributed by atoms with van der Waals surface area (Å²) in [6.45, 7) is 4.94. The van der Waals surface area contributed by atoms with E-state index in [0.717, 1.165) is 0 Å². The fraction of sp³-hybridized carbons (Fsp3) is 0.333. The normalized spacial score (nSPS) is 11.8. The van der Waals surface area contributed by atoms with Gasteiger partial charge in [-0.25, -0.2) is 35.1 Å². The van der Waals surface area contributed by atoms with E-state index in [1.165, 1.54) is 27.7 Å². The molecule has 0 aliphatic carbocycles. The van der Waals surface area contributed by atoms with Crippen LogP contribution < -0.4 is 0 Å². The third-order valence-electron chi connectivity index (χ3n) is 4.00. The highest BCUT2D eigenvalue weighted by Crippen LogP contribution is 2.40. The van der Waals surface area contributed by atoms with Crippen LogP contribution in [-0.2, 0) is 0 Å². The summed E-state index contributed by atoms with van der Waals surface area (Å²) in [7, 11) is 0. The van der Waals surface area contributed by atoms with E-state index in [-0.39, 0.29) is 0 Å². The Balaban J connectivity index is 3.00. The van der Waals surface area contributed by atoms with E-state index in [1.54, 1.807) is 0 Å². The van der Waals surface area contributed by atoms with Crippen LogP contribution in [0.25, 0.3) is 11.1 Å². The minimum atomic E-state index is -2.14. The van der Waals surface area contributed by atoms with Crippen LogP contribution in [0.4, 0.5) is 35.1 Å². The molecule has 0 atom stereocenters. The van der Waals surface area contributed by atoms with Crippen LogP contribution >= 0.6 is 0 Å². The average molecular weight is 382 g/mol. The molecular weight excluding hydrogens is 368 g/mol. The third-order valence-corrected chi connectivity index (χ3v) is 4.00. The standard InChI is InChI=1S/C18H14F8/c1-5(2)7-11(19)15(23)9(16(24)12(7)20)10-17(25)13(21)8(6(3)4)14(22)18(10)26/h5-6H,1-4H3. The molecule has 26 heavy (non-hydrogen) atoms. The van der Waals surface area contributed by atoms with Gasteiger partial charge < -0.3 is 0 Å². The van der Waals surface area contributed by atoms with E-state index in [0.29, 0.717) is 0 Å². The van der Waals surface area contributed by atoms with Gasteiger partial charge in [-0.3, -0.25) is 0 Å². The van der Waals surface area contributed by atoms with Gasteiger partial charge in [-0.2, -0.15) is 0 Å². The fourth-order valence-corrected chi connectivity index (χ4v) is 2.75. The Labute approximate surface area is 144 Å². The highest BCUT2D eigenvalue weighted by molar-refractivity contribution is 5.68. The maximum Gasteiger partial charge on any atom is 0.170 e. The minimum absolute atomic E-state index is 0.982. The van der Waals surface area contributed by atoms with Crippen molar-refractivity contribution in [3.63, 3.8) is 0 Å². The van der Waals surface area contributed by atoms with E-state index in [1.807, 2.05) is 0 Å². The highest BCUT2D eigenvalue weighted by atomic mass is 19.2. The molecule has 0 saturated carbocycles. The van der Waals surface area contributed by atoms with Crippen LogP contribution in [0.3, 0.4) is 0 Å². The quantitative estimate of drug-likeness (QED) is 0.409. The first-order chi connectivity index (χ1) is 11.9. The average Bonchev–Trinajstić information content (AvgIpc) is 2.54. The van der Waals surface area contributed by atoms with Gasteiger partial charge >= 0.3 is 0 Å². The summed E-state index contributed by atoms with van der Waals surface area (Å²) < 4.78 is 113. The van der Waals surface area contributed by atoms with E-state index in [9.17, 15) is 35.1 Å². The van der Waals surface area contributed by atoms with Crippen molar-refractivity contribution in [2.75, 3.05) is 0 Å². The monoisotopic (exact) mass is 382 g/mol. The summed E-state index contributed by atoms with van der Waals surface area (Å²) in [5.41, 5.74) is -5.64. The summed E-state index contributed by atoms with van der Waals surface area (Å²) in [5, 5.41) is 0. The Morgan fingerprint density at radius 2 is 0.577 bits per heavy atom. The second-order valence-corrected chi connectivity index (χ2v) is 6.40. The van der Waals surface area contributed by atoms with E-state index in [4.69, 9.17) is 0 Å².